The highest BCUT2D eigenvalue weighted by Gasteiger charge is 2.20. The number of benzene rings is 1. The Labute approximate surface area is 80.5 Å². The van der Waals surface area contributed by atoms with Gasteiger partial charge in [0, 0.05) is 11.0 Å². The molecule has 0 saturated carbocycles. The fourth-order valence-electron chi connectivity index (χ4n) is 1.23. The number of fused-ring (bicyclic) bond motifs is 1. The molecule has 0 fully saturated rings. The molecule has 1 aromatic rings. The first-order valence-electron chi connectivity index (χ1n) is 3.90. The van der Waals surface area contributed by atoms with Crippen molar-refractivity contribution in [3.8, 4) is 5.75 Å². The third-order valence-corrected chi connectivity index (χ3v) is 2.95. The largest absolute Gasteiger partial charge is 0.497 e. The van der Waals surface area contributed by atoms with E-state index in [1.165, 1.54) is 11.8 Å². The lowest BCUT2D eigenvalue weighted by molar-refractivity contribution is -0.107. The Balaban J connectivity index is 2.30. The molecule has 1 aromatic carbocycles. The number of carbonyl (C=O) groups excluding carboxylic acids is 1. The molecule has 0 aliphatic carbocycles. The predicted octanol–water partition coefficient (Wildman–Crippen LogP) is 1.74. The van der Waals surface area contributed by atoms with Crippen molar-refractivity contribution in [1.82, 2.24) is 0 Å². The third-order valence-electron chi connectivity index (χ3n) is 1.86. The summed E-state index contributed by atoms with van der Waals surface area (Å²) in [6.45, 7) is 0. The van der Waals surface area contributed by atoms with Crippen LogP contribution in [0.15, 0.2) is 23.1 Å². The second-order valence-electron chi connectivity index (χ2n) is 2.68. The molecule has 13 heavy (non-hydrogen) atoms. The Morgan fingerprint density at radius 3 is 3.15 bits per heavy atom. The summed E-state index contributed by atoms with van der Waals surface area (Å²) in [6.07, 6.45) is 0.900. The van der Waals surface area contributed by atoms with E-state index < -0.39 is 0 Å². The molecule has 1 aliphatic heterocycles. The zero-order valence-corrected chi connectivity index (χ0v) is 7.93. The van der Waals surface area contributed by atoms with Crippen LogP contribution in [0.4, 0.5) is 5.69 Å². The van der Waals surface area contributed by atoms with Crippen LogP contribution in [0, 0.1) is 0 Å². The number of hydrogen-bond acceptors (Lipinski definition) is 4. The van der Waals surface area contributed by atoms with Gasteiger partial charge in [-0.25, -0.2) is 0 Å². The first-order valence-corrected chi connectivity index (χ1v) is 4.78. The molecule has 1 heterocycles. The topological polar surface area (TPSA) is 38.3 Å². The van der Waals surface area contributed by atoms with Crippen molar-refractivity contribution in [2.45, 2.75) is 10.3 Å². The summed E-state index contributed by atoms with van der Waals surface area (Å²) < 4.78 is 5.07. The number of aldehydes is 1. The monoisotopic (exact) mass is 195 g/mol. The number of methoxy groups -OCH3 is 1. The quantitative estimate of drug-likeness (QED) is 0.729. The van der Waals surface area contributed by atoms with Crippen molar-refractivity contribution in [3.63, 3.8) is 0 Å². The van der Waals surface area contributed by atoms with Crippen LogP contribution in [0.3, 0.4) is 0 Å². The number of ether oxygens (including phenoxy) is 1. The second kappa shape index (κ2) is 3.30. The number of hydrogen-bond donors (Lipinski definition) is 1. The van der Waals surface area contributed by atoms with Crippen LogP contribution in [0.1, 0.15) is 0 Å². The minimum Gasteiger partial charge on any atom is -0.497 e. The molecule has 0 amide bonds. The normalized spacial score (nSPS) is 19.0. The van der Waals surface area contributed by atoms with Gasteiger partial charge in [-0.05, 0) is 12.1 Å². The summed E-state index contributed by atoms with van der Waals surface area (Å²) in [5.74, 6) is 0.804. The number of carbonyl (C=O) groups is 1. The zero-order valence-electron chi connectivity index (χ0n) is 7.11. The van der Waals surface area contributed by atoms with Crippen molar-refractivity contribution in [1.29, 1.82) is 0 Å². The molecule has 0 saturated heterocycles. The van der Waals surface area contributed by atoms with Gasteiger partial charge in [-0.1, -0.05) is 11.8 Å². The average molecular weight is 195 g/mol. The lowest BCUT2D eigenvalue weighted by atomic mass is 10.3. The Hall–Kier alpha value is -1.16. The molecule has 1 aliphatic rings. The van der Waals surface area contributed by atoms with E-state index in [2.05, 4.69) is 5.32 Å². The fourth-order valence-corrected chi connectivity index (χ4v) is 2.14. The molecule has 1 N–H and O–H groups in total. The lowest BCUT2D eigenvalue weighted by Crippen LogP contribution is -2.10. The average Bonchev–Trinajstić information content (AvgIpc) is 2.58. The van der Waals surface area contributed by atoms with E-state index in [4.69, 9.17) is 4.74 Å². The van der Waals surface area contributed by atoms with Gasteiger partial charge >= 0.3 is 0 Å². The van der Waals surface area contributed by atoms with Gasteiger partial charge in [-0.15, -0.1) is 0 Å². The maximum absolute atomic E-state index is 10.5. The molecule has 0 spiro atoms. The number of thioether (sulfide) groups is 1. The highest BCUT2D eigenvalue weighted by molar-refractivity contribution is 8.01. The molecular formula is C9H9NO2S. The Morgan fingerprint density at radius 2 is 2.46 bits per heavy atom. The summed E-state index contributed by atoms with van der Waals surface area (Å²) in [5.41, 5.74) is 0.974. The molecule has 2 rings (SSSR count). The Bertz CT molecular complexity index is 340. The summed E-state index contributed by atoms with van der Waals surface area (Å²) in [7, 11) is 1.63. The van der Waals surface area contributed by atoms with Gasteiger partial charge in [-0.2, -0.15) is 0 Å². The minimum absolute atomic E-state index is 0.151. The van der Waals surface area contributed by atoms with Gasteiger partial charge in [0.25, 0.3) is 0 Å². The van der Waals surface area contributed by atoms with Crippen LogP contribution in [-0.4, -0.2) is 18.8 Å². The number of nitrogens with one attached hydrogen (secondary N) is 1. The molecule has 1 unspecified atom stereocenters. The Morgan fingerprint density at radius 1 is 1.62 bits per heavy atom. The maximum Gasteiger partial charge on any atom is 0.152 e. The van der Waals surface area contributed by atoms with Crippen molar-refractivity contribution in [2.24, 2.45) is 0 Å². The third kappa shape index (κ3) is 1.49. The molecule has 1 atom stereocenters. The molecule has 68 valence electrons. The van der Waals surface area contributed by atoms with Gasteiger partial charge in [0.05, 0.1) is 12.8 Å². The van der Waals surface area contributed by atoms with Gasteiger partial charge < -0.3 is 14.8 Å². The number of anilines is 1. The van der Waals surface area contributed by atoms with E-state index in [1.807, 2.05) is 18.2 Å². The van der Waals surface area contributed by atoms with Gasteiger partial charge in [0.2, 0.25) is 0 Å². The molecule has 0 bridgehead atoms. The molecular weight excluding hydrogens is 186 g/mol. The highest BCUT2D eigenvalue weighted by atomic mass is 32.2. The van der Waals surface area contributed by atoms with Crippen LogP contribution in [0.25, 0.3) is 0 Å². The van der Waals surface area contributed by atoms with Crippen molar-refractivity contribution >= 4 is 23.7 Å². The van der Waals surface area contributed by atoms with Crippen LogP contribution in [0.5, 0.6) is 5.75 Å². The predicted molar refractivity (Wildman–Crippen MR) is 52.3 cm³/mol. The van der Waals surface area contributed by atoms with E-state index in [0.29, 0.717) is 0 Å². The van der Waals surface area contributed by atoms with Crippen LogP contribution >= 0.6 is 11.8 Å². The standard InChI is InChI=1S/C9H9NO2S/c1-12-6-2-3-8-7(4-6)10-9(5-11)13-8/h2-5,9-10H,1H3. The Kier molecular flexibility index (Phi) is 2.14. The zero-order chi connectivity index (χ0) is 9.26. The van der Waals surface area contributed by atoms with Crippen molar-refractivity contribution in [3.05, 3.63) is 18.2 Å². The van der Waals surface area contributed by atoms with E-state index in [1.54, 1.807) is 7.11 Å². The SMILES string of the molecule is COc1ccc2c(c1)NC(C=O)S2. The van der Waals surface area contributed by atoms with Gasteiger partial charge in [0.15, 0.2) is 6.29 Å². The van der Waals surface area contributed by atoms with Gasteiger partial charge in [-0.3, -0.25) is 0 Å². The van der Waals surface area contributed by atoms with Crippen LogP contribution in [0.2, 0.25) is 0 Å². The smallest absolute Gasteiger partial charge is 0.152 e. The van der Waals surface area contributed by atoms with Gasteiger partial charge in [0.1, 0.15) is 11.1 Å². The van der Waals surface area contributed by atoms with E-state index >= 15 is 0 Å². The van der Waals surface area contributed by atoms with Crippen LogP contribution in [-0.2, 0) is 4.79 Å². The highest BCUT2D eigenvalue weighted by Crippen LogP contribution is 2.39. The van der Waals surface area contributed by atoms with E-state index in [9.17, 15) is 4.79 Å². The summed E-state index contributed by atoms with van der Waals surface area (Å²) >= 11 is 1.52. The maximum atomic E-state index is 10.5. The fraction of sp³-hybridized carbons (Fsp3) is 0.222. The first-order chi connectivity index (χ1) is 6.33. The summed E-state index contributed by atoms with van der Waals surface area (Å²) in [4.78, 5) is 11.6. The van der Waals surface area contributed by atoms with E-state index in [0.717, 1.165) is 22.6 Å². The first kappa shape index (κ1) is 8.44. The van der Waals surface area contributed by atoms with Crippen molar-refractivity contribution < 1.29 is 9.53 Å². The van der Waals surface area contributed by atoms with Crippen LogP contribution < -0.4 is 10.1 Å². The lowest BCUT2D eigenvalue weighted by Gasteiger charge is -2.02. The second-order valence-corrected chi connectivity index (χ2v) is 3.86. The molecule has 3 nitrogen and oxygen atoms in total. The number of rotatable bonds is 2. The molecule has 0 aromatic heterocycles. The van der Waals surface area contributed by atoms with Crippen molar-refractivity contribution in [2.75, 3.05) is 12.4 Å². The summed E-state index contributed by atoms with van der Waals surface area (Å²) in [5, 5.41) is 2.92. The van der Waals surface area contributed by atoms with E-state index in [-0.39, 0.29) is 5.37 Å². The molecule has 4 heteroatoms. The summed E-state index contributed by atoms with van der Waals surface area (Å²) in [6, 6.07) is 5.74. The molecule has 0 radical (unpaired) electrons. The minimum atomic E-state index is -0.151.